The molecule has 2 heterocycles. The van der Waals surface area contributed by atoms with Crippen LogP contribution in [0.15, 0.2) is 18.2 Å². The highest BCUT2D eigenvalue weighted by Crippen LogP contribution is 2.40. The van der Waals surface area contributed by atoms with Crippen molar-refractivity contribution in [3.63, 3.8) is 0 Å². The summed E-state index contributed by atoms with van der Waals surface area (Å²) in [5.74, 6) is 1.20. The van der Waals surface area contributed by atoms with Crippen molar-refractivity contribution in [3.05, 3.63) is 29.3 Å². The lowest BCUT2D eigenvalue weighted by atomic mass is 9.84. The Morgan fingerprint density at radius 1 is 1.36 bits per heavy atom. The standard InChI is InChI=1S/C18H26N2O2/c1-5-6-16-18(21)20-10-9-13-11-14(22-4)7-8-15(13)17(20)12(2)19(16)3/h7-8,11-12,16-17H,5-6,9-10H2,1-4H3. The first kappa shape index (κ1) is 15.3. The van der Waals surface area contributed by atoms with E-state index in [-0.39, 0.29) is 12.1 Å². The van der Waals surface area contributed by atoms with Crippen molar-refractivity contribution in [3.8, 4) is 5.75 Å². The highest BCUT2D eigenvalue weighted by atomic mass is 16.5. The van der Waals surface area contributed by atoms with Gasteiger partial charge in [-0.2, -0.15) is 0 Å². The summed E-state index contributed by atoms with van der Waals surface area (Å²) < 4.78 is 5.34. The molecule has 0 N–H and O–H groups in total. The Hall–Kier alpha value is -1.55. The first-order valence-electron chi connectivity index (χ1n) is 8.27. The Bertz CT molecular complexity index is 572. The second-order valence-electron chi connectivity index (χ2n) is 6.50. The number of hydrogen-bond acceptors (Lipinski definition) is 3. The third-order valence-corrected chi connectivity index (χ3v) is 5.35. The molecule has 120 valence electrons. The highest BCUT2D eigenvalue weighted by Gasteiger charge is 2.45. The van der Waals surface area contributed by atoms with E-state index in [0.29, 0.717) is 11.9 Å². The molecule has 1 fully saturated rings. The molecule has 3 atom stereocenters. The van der Waals surface area contributed by atoms with Crippen LogP contribution in [0.25, 0.3) is 0 Å². The molecule has 3 rings (SSSR count). The number of rotatable bonds is 3. The molecule has 0 bridgehead atoms. The van der Waals surface area contributed by atoms with Crippen LogP contribution in [0, 0.1) is 0 Å². The minimum Gasteiger partial charge on any atom is -0.497 e. The molecule has 1 aromatic carbocycles. The summed E-state index contributed by atoms with van der Waals surface area (Å²) >= 11 is 0. The second kappa shape index (κ2) is 5.92. The molecular formula is C18H26N2O2. The molecular weight excluding hydrogens is 276 g/mol. The topological polar surface area (TPSA) is 32.8 Å². The zero-order valence-corrected chi connectivity index (χ0v) is 14.0. The minimum atomic E-state index is 0.0380. The summed E-state index contributed by atoms with van der Waals surface area (Å²) in [4.78, 5) is 17.3. The summed E-state index contributed by atoms with van der Waals surface area (Å²) in [6.07, 6.45) is 2.90. The molecule has 0 spiro atoms. The Morgan fingerprint density at radius 3 is 2.82 bits per heavy atom. The lowest BCUT2D eigenvalue weighted by molar-refractivity contribution is -0.150. The number of methoxy groups -OCH3 is 1. The number of likely N-dealkylation sites (N-methyl/N-ethyl adjacent to an activating group) is 1. The first-order valence-corrected chi connectivity index (χ1v) is 8.27. The van der Waals surface area contributed by atoms with Crippen molar-refractivity contribution < 1.29 is 9.53 Å². The quantitative estimate of drug-likeness (QED) is 0.860. The highest BCUT2D eigenvalue weighted by molar-refractivity contribution is 5.84. The van der Waals surface area contributed by atoms with E-state index in [1.54, 1.807) is 7.11 Å². The van der Waals surface area contributed by atoms with Crippen LogP contribution < -0.4 is 4.74 Å². The zero-order chi connectivity index (χ0) is 15.9. The van der Waals surface area contributed by atoms with Crippen LogP contribution in [0.5, 0.6) is 5.75 Å². The second-order valence-corrected chi connectivity index (χ2v) is 6.50. The molecule has 2 aliphatic heterocycles. The predicted molar refractivity (Wildman–Crippen MR) is 87.1 cm³/mol. The first-order chi connectivity index (χ1) is 10.6. The van der Waals surface area contributed by atoms with Gasteiger partial charge in [0.25, 0.3) is 0 Å². The van der Waals surface area contributed by atoms with Crippen molar-refractivity contribution in [1.29, 1.82) is 0 Å². The van der Waals surface area contributed by atoms with E-state index in [0.717, 1.165) is 31.6 Å². The fraction of sp³-hybridized carbons (Fsp3) is 0.611. The van der Waals surface area contributed by atoms with Crippen molar-refractivity contribution >= 4 is 5.91 Å². The van der Waals surface area contributed by atoms with E-state index >= 15 is 0 Å². The summed E-state index contributed by atoms with van der Waals surface area (Å²) in [5.41, 5.74) is 2.61. The molecule has 1 saturated heterocycles. The molecule has 0 aliphatic carbocycles. The summed E-state index contributed by atoms with van der Waals surface area (Å²) in [5, 5.41) is 0. The van der Waals surface area contributed by atoms with Crippen LogP contribution in [-0.2, 0) is 11.2 Å². The zero-order valence-electron chi connectivity index (χ0n) is 14.0. The summed E-state index contributed by atoms with van der Waals surface area (Å²) in [6, 6.07) is 6.82. The fourth-order valence-corrected chi connectivity index (χ4v) is 4.00. The molecule has 0 aromatic heterocycles. The number of ether oxygens (including phenoxy) is 1. The van der Waals surface area contributed by atoms with Crippen molar-refractivity contribution in [2.24, 2.45) is 0 Å². The average molecular weight is 302 g/mol. The third-order valence-electron chi connectivity index (χ3n) is 5.35. The Balaban J connectivity index is 1.98. The lowest BCUT2D eigenvalue weighted by Gasteiger charge is -2.51. The Morgan fingerprint density at radius 2 is 2.14 bits per heavy atom. The molecule has 1 amide bonds. The van der Waals surface area contributed by atoms with Gasteiger partial charge in [0, 0.05) is 12.6 Å². The number of carbonyl (C=O) groups is 1. The Labute approximate surface area is 133 Å². The van der Waals surface area contributed by atoms with Gasteiger partial charge in [0.15, 0.2) is 0 Å². The van der Waals surface area contributed by atoms with Crippen molar-refractivity contribution in [2.75, 3.05) is 20.7 Å². The van der Waals surface area contributed by atoms with Crippen LogP contribution in [0.3, 0.4) is 0 Å². The monoisotopic (exact) mass is 302 g/mol. The van der Waals surface area contributed by atoms with Crippen LogP contribution in [0.1, 0.15) is 43.9 Å². The van der Waals surface area contributed by atoms with Gasteiger partial charge < -0.3 is 9.64 Å². The summed E-state index contributed by atoms with van der Waals surface area (Å²) in [6.45, 7) is 5.21. The number of fused-ring (bicyclic) bond motifs is 3. The molecule has 22 heavy (non-hydrogen) atoms. The number of carbonyl (C=O) groups excluding carboxylic acids is 1. The molecule has 0 radical (unpaired) electrons. The smallest absolute Gasteiger partial charge is 0.240 e. The van der Waals surface area contributed by atoms with Crippen LogP contribution >= 0.6 is 0 Å². The van der Waals surface area contributed by atoms with Gasteiger partial charge in [-0.15, -0.1) is 0 Å². The van der Waals surface area contributed by atoms with E-state index in [2.05, 4.69) is 42.8 Å². The minimum absolute atomic E-state index is 0.0380. The van der Waals surface area contributed by atoms with Crippen LogP contribution in [-0.4, -0.2) is 48.5 Å². The van der Waals surface area contributed by atoms with E-state index in [9.17, 15) is 4.79 Å². The van der Waals surface area contributed by atoms with Gasteiger partial charge in [-0.05, 0) is 50.1 Å². The maximum absolute atomic E-state index is 12.9. The molecule has 4 nitrogen and oxygen atoms in total. The largest absolute Gasteiger partial charge is 0.497 e. The predicted octanol–water partition coefficient (Wildman–Crippen LogP) is 2.62. The Kier molecular flexibility index (Phi) is 4.13. The summed E-state index contributed by atoms with van der Waals surface area (Å²) in [7, 11) is 3.80. The van der Waals surface area contributed by atoms with Crippen molar-refractivity contribution in [1.82, 2.24) is 9.80 Å². The third kappa shape index (κ3) is 2.30. The number of benzene rings is 1. The van der Waals surface area contributed by atoms with Gasteiger partial charge in [-0.3, -0.25) is 9.69 Å². The normalized spacial score (nSPS) is 28.3. The van der Waals surface area contributed by atoms with E-state index in [1.807, 2.05) is 6.07 Å². The van der Waals surface area contributed by atoms with E-state index < -0.39 is 0 Å². The van der Waals surface area contributed by atoms with Gasteiger partial charge >= 0.3 is 0 Å². The lowest BCUT2D eigenvalue weighted by Crippen LogP contribution is -2.62. The fourth-order valence-electron chi connectivity index (χ4n) is 4.00. The number of amides is 1. The number of piperazine rings is 1. The van der Waals surface area contributed by atoms with Crippen LogP contribution in [0.4, 0.5) is 0 Å². The van der Waals surface area contributed by atoms with Gasteiger partial charge in [0.05, 0.1) is 19.2 Å². The van der Waals surface area contributed by atoms with E-state index in [4.69, 9.17) is 4.74 Å². The van der Waals surface area contributed by atoms with Gasteiger partial charge in [0.2, 0.25) is 5.91 Å². The molecule has 4 heteroatoms. The van der Waals surface area contributed by atoms with E-state index in [1.165, 1.54) is 11.1 Å². The molecule has 1 aromatic rings. The van der Waals surface area contributed by atoms with Crippen molar-refractivity contribution in [2.45, 2.75) is 51.2 Å². The maximum atomic E-state index is 12.9. The maximum Gasteiger partial charge on any atom is 0.240 e. The number of nitrogens with zero attached hydrogens (tertiary/aromatic N) is 2. The number of hydrogen-bond donors (Lipinski definition) is 0. The van der Waals surface area contributed by atoms with Gasteiger partial charge in [-0.1, -0.05) is 19.4 Å². The van der Waals surface area contributed by atoms with Gasteiger partial charge in [0.1, 0.15) is 5.75 Å². The molecule has 2 aliphatic rings. The molecule has 0 saturated carbocycles. The molecule has 3 unspecified atom stereocenters. The average Bonchev–Trinajstić information content (AvgIpc) is 2.55. The van der Waals surface area contributed by atoms with Crippen LogP contribution in [0.2, 0.25) is 0 Å². The SMILES string of the molecule is CCCC1C(=O)N2CCc3cc(OC)ccc3C2C(C)N1C. The van der Waals surface area contributed by atoms with Gasteiger partial charge in [-0.25, -0.2) is 0 Å².